The fourth-order valence-electron chi connectivity index (χ4n) is 3.85. The van der Waals surface area contributed by atoms with Gasteiger partial charge in [0.2, 0.25) is 0 Å². The second-order valence-corrected chi connectivity index (χ2v) is 8.58. The SMILES string of the molecule is CCOC(=O)[C@H](Cc1ccccc1)N(N[C@@H](Cc1cccc(C)c1)C(=O)O)C(=O)OCc1ccccc1. The molecule has 3 rings (SSSR count). The van der Waals surface area contributed by atoms with E-state index in [0.717, 1.165) is 27.3 Å². The first-order valence-corrected chi connectivity index (χ1v) is 12.1. The number of rotatable bonds is 12. The third kappa shape index (κ3) is 8.47. The van der Waals surface area contributed by atoms with Crippen LogP contribution in [-0.2, 0) is 38.5 Å². The van der Waals surface area contributed by atoms with E-state index < -0.39 is 30.1 Å². The third-order valence-electron chi connectivity index (χ3n) is 5.66. The van der Waals surface area contributed by atoms with E-state index in [1.807, 2.05) is 79.7 Å². The summed E-state index contributed by atoms with van der Waals surface area (Å²) < 4.78 is 10.8. The van der Waals surface area contributed by atoms with Gasteiger partial charge in [-0.05, 0) is 30.5 Å². The Morgan fingerprint density at radius 2 is 1.46 bits per heavy atom. The molecule has 2 atom stereocenters. The molecule has 0 spiro atoms. The van der Waals surface area contributed by atoms with Crippen molar-refractivity contribution in [2.24, 2.45) is 0 Å². The predicted octanol–water partition coefficient (Wildman–Crippen LogP) is 4.31. The molecule has 0 aliphatic carbocycles. The fraction of sp³-hybridized carbons (Fsp3) is 0.276. The molecule has 0 unspecified atom stereocenters. The van der Waals surface area contributed by atoms with Crippen LogP contribution in [0.4, 0.5) is 4.79 Å². The van der Waals surface area contributed by atoms with Crippen LogP contribution < -0.4 is 5.43 Å². The lowest BCUT2D eigenvalue weighted by molar-refractivity contribution is -0.152. The van der Waals surface area contributed by atoms with Crippen molar-refractivity contribution < 1.29 is 29.0 Å². The minimum Gasteiger partial charge on any atom is -0.480 e. The van der Waals surface area contributed by atoms with E-state index in [0.29, 0.717) is 0 Å². The van der Waals surface area contributed by atoms with Crippen molar-refractivity contribution in [3.05, 3.63) is 107 Å². The van der Waals surface area contributed by atoms with Crippen molar-refractivity contribution in [2.45, 2.75) is 45.4 Å². The van der Waals surface area contributed by atoms with Crippen LogP contribution in [0.2, 0.25) is 0 Å². The highest BCUT2D eigenvalue weighted by molar-refractivity contribution is 5.82. The highest BCUT2D eigenvalue weighted by Crippen LogP contribution is 2.15. The van der Waals surface area contributed by atoms with Gasteiger partial charge in [-0.2, -0.15) is 0 Å². The van der Waals surface area contributed by atoms with E-state index in [9.17, 15) is 19.5 Å². The number of benzene rings is 3. The van der Waals surface area contributed by atoms with E-state index in [2.05, 4.69) is 5.43 Å². The Balaban J connectivity index is 1.92. The zero-order chi connectivity index (χ0) is 26.6. The molecule has 8 heteroatoms. The van der Waals surface area contributed by atoms with Crippen molar-refractivity contribution in [3.8, 4) is 0 Å². The number of nitrogens with zero attached hydrogens (tertiary/aromatic N) is 1. The average molecular weight is 505 g/mol. The lowest BCUT2D eigenvalue weighted by Gasteiger charge is -2.32. The van der Waals surface area contributed by atoms with Gasteiger partial charge >= 0.3 is 18.0 Å². The van der Waals surface area contributed by atoms with Crippen LogP contribution in [0.25, 0.3) is 0 Å². The molecule has 8 nitrogen and oxygen atoms in total. The van der Waals surface area contributed by atoms with Gasteiger partial charge in [0.25, 0.3) is 0 Å². The molecular formula is C29H32N2O6. The molecular weight excluding hydrogens is 472 g/mol. The maximum absolute atomic E-state index is 13.4. The smallest absolute Gasteiger partial charge is 0.425 e. The largest absolute Gasteiger partial charge is 0.480 e. The van der Waals surface area contributed by atoms with Gasteiger partial charge in [0.15, 0.2) is 6.04 Å². The fourth-order valence-corrected chi connectivity index (χ4v) is 3.85. The summed E-state index contributed by atoms with van der Waals surface area (Å²) in [4.78, 5) is 38.7. The molecule has 0 saturated carbocycles. The number of hydrazine groups is 1. The molecule has 3 aromatic rings. The van der Waals surface area contributed by atoms with Crippen LogP contribution in [0.5, 0.6) is 0 Å². The summed E-state index contributed by atoms with van der Waals surface area (Å²) in [5.74, 6) is -1.85. The van der Waals surface area contributed by atoms with Gasteiger partial charge in [-0.25, -0.2) is 20.0 Å². The number of carboxylic acid groups (broad SMARTS) is 1. The van der Waals surface area contributed by atoms with Gasteiger partial charge in [-0.3, -0.25) is 4.79 Å². The monoisotopic (exact) mass is 504 g/mol. The molecule has 0 heterocycles. The maximum Gasteiger partial charge on any atom is 0.425 e. The Labute approximate surface area is 216 Å². The zero-order valence-corrected chi connectivity index (χ0v) is 21.0. The molecule has 0 radical (unpaired) electrons. The molecule has 194 valence electrons. The van der Waals surface area contributed by atoms with Gasteiger partial charge in [-0.15, -0.1) is 0 Å². The number of hydrogen-bond acceptors (Lipinski definition) is 6. The van der Waals surface area contributed by atoms with Crippen LogP contribution in [-0.4, -0.2) is 46.8 Å². The summed E-state index contributed by atoms with van der Waals surface area (Å²) in [6.07, 6.45) is -0.696. The normalized spacial score (nSPS) is 12.3. The van der Waals surface area contributed by atoms with Crippen molar-refractivity contribution in [1.29, 1.82) is 0 Å². The number of ether oxygens (including phenoxy) is 2. The Morgan fingerprint density at radius 1 is 0.838 bits per heavy atom. The van der Waals surface area contributed by atoms with Crippen LogP contribution in [0, 0.1) is 6.92 Å². The van der Waals surface area contributed by atoms with Crippen LogP contribution in [0.3, 0.4) is 0 Å². The van der Waals surface area contributed by atoms with E-state index in [1.165, 1.54) is 0 Å². The Bertz CT molecular complexity index is 1170. The number of aryl methyl sites for hydroxylation is 1. The minimum absolute atomic E-state index is 0.0473. The Kier molecular flexibility index (Phi) is 10.2. The average Bonchev–Trinajstić information content (AvgIpc) is 2.90. The third-order valence-corrected chi connectivity index (χ3v) is 5.66. The van der Waals surface area contributed by atoms with Crippen LogP contribution in [0.1, 0.15) is 29.2 Å². The number of carbonyl (C=O) groups is 3. The van der Waals surface area contributed by atoms with Crippen LogP contribution >= 0.6 is 0 Å². The van der Waals surface area contributed by atoms with Gasteiger partial charge < -0.3 is 14.6 Å². The first-order chi connectivity index (χ1) is 17.9. The standard InChI is InChI=1S/C29H32N2O6/c1-3-36-28(34)26(19-22-12-6-4-7-13-22)31(29(35)37-20-23-14-8-5-9-15-23)30-25(27(32)33)18-24-16-10-11-21(2)17-24/h4-17,25-26,30H,3,18-20H2,1-2H3,(H,32,33)/t25-,26-/m0/s1. The second-order valence-electron chi connectivity index (χ2n) is 8.58. The maximum atomic E-state index is 13.4. The number of hydrogen-bond donors (Lipinski definition) is 2. The highest BCUT2D eigenvalue weighted by atomic mass is 16.6. The van der Waals surface area contributed by atoms with Crippen molar-refractivity contribution in [2.75, 3.05) is 6.61 Å². The Morgan fingerprint density at radius 3 is 2.05 bits per heavy atom. The second kappa shape index (κ2) is 13.8. The van der Waals surface area contributed by atoms with Gasteiger partial charge in [0.05, 0.1) is 6.61 Å². The summed E-state index contributed by atoms with van der Waals surface area (Å²) in [5.41, 5.74) is 6.05. The topological polar surface area (TPSA) is 105 Å². The lowest BCUT2D eigenvalue weighted by Crippen LogP contribution is -2.59. The summed E-state index contributed by atoms with van der Waals surface area (Å²) in [6, 6.07) is 23.3. The molecule has 0 aliphatic rings. The molecule has 37 heavy (non-hydrogen) atoms. The van der Waals surface area contributed by atoms with Crippen molar-refractivity contribution in [3.63, 3.8) is 0 Å². The number of carbonyl (C=O) groups excluding carboxylic acids is 2. The molecule has 0 aromatic heterocycles. The van der Waals surface area contributed by atoms with E-state index in [4.69, 9.17) is 9.47 Å². The first kappa shape index (κ1) is 27.4. The first-order valence-electron chi connectivity index (χ1n) is 12.1. The molecule has 0 aliphatic heterocycles. The quantitative estimate of drug-likeness (QED) is 0.280. The zero-order valence-electron chi connectivity index (χ0n) is 21.0. The van der Waals surface area contributed by atoms with Crippen LogP contribution in [0.15, 0.2) is 84.9 Å². The number of aliphatic carboxylic acids is 1. The number of nitrogens with one attached hydrogen (secondary N) is 1. The van der Waals surface area contributed by atoms with Crippen molar-refractivity contribution >= 4 is 18.0 Å². The molecule has 0 bridgehead atoms. The summed E-state index contributed by atoms with van der Waals surface area (Å²) in [5, 5.41) is 11.0. The number of amides is 1. The lowest BCUT2D eigenvalue weighted by atomic mass is 10.0. The molecule has 3 aromatic carbocycles. The minimum atomic E-state index is -1.21. The Hall–Kier alpha value is -4.17. The van der Waals surface area contributed by atoms with E-state index in [-0.39, 0.29) is 26.1 Å². The summed E-state index contributed by atoms with van der Waals surface area (Å²) in [7, 11) is 0. The van der Waals surface area contributed by atoms with E-state index in [1.54, 1.807) is 19.1 Å². The van der Waals surface area contributed by atoms with E-state index >= 15 is 0 Å². The summed E-state index contributed by atoms with van der Waals surface area (Å²) in [6.45, 7) is 3.63. The van der Waals surface area contributed by atoms with Gasteiger partial charge in [0.1, 0.15) is 12.6 Å². The van der Waals surface area contributed by atoms with Gasteiger partial charge in [0, 0.05) is 12.8 Å². The molecule has 0 fully saturated rings. The predicted molar refractivity (Wildman–Crippen MR) is 138 cm³/mol. The number of carboxylic acids is 1. The molecule has 2 N–H and O–H groups in total. The molecule has 0 saturated heterocycles. The number of esters is 1. The van der Waals surface area contributed by atoms with Gasteiger partial charge in [-0.1, -0.05) is 90.5 Å². The van der Waals surface area contributed by atoms with Crippen molar-refractivity contribution in [1.82, 2.24) is 10.4 Å². The molecule has 1 amide bonds. The summed E-state index contributed by atoms with van der Waals surface area (Å²) >= 11 is 0. The highest BCUT2D eigenvalue weighted by Gasteiger charge is 2.36.